The van der Waals surface area contributed by atoms with E-state index in [2.05, 4.69) is 10.1 Å². The standard InChI is InChI=1S/C15H20F3N5O3/c16-15(17,18)26-11-3-1-10(2-4-11)23-7-5-9(6-8-23)21-13(19)12(22-20)14(24)25/h1-4,9,21-22H,5-8,19-20H2,(H,24,25)/b13-12+. The second-order valence-electron chi connectivity index (χ2n) is 5.69. The Balaban J connectivity index is 1.91. The predicted molar refractivity (Wildman–Crippen MR) is 87.7 cm³/mol. The zero-order valence-electron chi connectivity index (χ0n) is 13.7. The lowest BCUT2D eigenvalue weighted by atomic mass is 10.0. The van der Waals surface area contributed by atoms with E-state index < -0.39 is 12.3 Å². The van der Waals surface area contributed by atoms with Crippen molar-refractivity contribution < 1.29 is 27.8 Å². The van der Waals surface area contributed by atoms with E-state index in [1.54, 1.807) is 12.1 Å². The molecular weight excluding hydrogens is 355 g/mol. The van der Waals surface area contributed by atoms with E-state index in [1.165, 1.54) is 12.1 Å². The minimum absolute atomic E-state index is 0.0400. The number of carboxylic acid groups (broad SMARTS) is 1. The lowest BCUT2D eigenvalue weighted by Crippen LogP contribution is -2.45. The smallest absolute Gasteiger partial charge is 0.476 e. The lowest BCUT2D eigenvalue weighted by molar-refractivity contribution is -0.274. The highest BCUT2D eigenvalue weighted by molar-refractivity contribution is 5.86. The number of hydrogen-bond acceptors (Lipinski definition) is 7. The molecular formula is C15H20F3N5O3. The number of piperidine rings is 1. The number of hydrazine groups is 1. The second-order valence-corrected chi connectivity index (χ2v) is 5.69. The number of aliphatic carboxylic acids is 1. The van der Waals surface area contributed by atoms with Gasteiger partial charge < -0.3 is 31.2 Å². The fourth-order valence-electron chi connectivity index (χ4n) is 2.69. The first-order valence-electron chi connectivity index (χ1n) is 7.76. The molecule has 1 aromatic carbocycles. The van der Waals surface area contributed by atoms with E-state index in [-0.39, 0.29) is 23.3 Å². The number of nitrogens with two attached hydrogens (primary N) is 2. The number of carbonyl (C=O) groups is 1. The van der Waals surface area contributed by atoms with Crippen LogP contribution >= 0.6 is 0 Å². The molecule has 1 heterocycles. The van der Waals surface area contributed by atoms with Gasteiger partial charge >= 0.3 is 12.3 Å². The van der Waals surface area contributed by atoms with E-state index in [1.807, 2.05) is 10.3 Å². The van der Waals surface area contributed by atoms with Gasteiger partial charge in [0.05, 0.1) is 0 Å². The summed E-state index contributed by atoms with van der Waals surface area (Å²) >= 11 is 0. The molecule has 7 N–H and O–H groups in total. The van der Waals surface area contributed by atoms with E-state index in [4.69, 9.17) is 16.7 Å². The maximum absolute atomic E-state index is 12.2. The van der Waals surface area contributed by atoms with Gasteiger partial charge in [-0.15, -0.1) is 13.2 Å². The summed E-state index contributed by atoms with van der Waals surface area (Å²) in [4.78, 5) is 13.0. The number of hydrogen-bond donors (Lipinski definition) is 5. The van der Waals surface area contributed by atoms with Crippen molar-refractivity contribution in [1.29, 1.82) is 0 Å². The Morgan fingerprint density at radius 1 is 1.23 bits per heavy atom. The minimum atomic E-state index is -4.72. The quantitative estimate of drug-likeness (QED) is 0.281. The second kappa shape index (κ2) is 8.04. The SMILES string of the molecule is NN/C(C(=O)O)=C(\N)NC1CCN(c2ccc(OC(F)(F)F)cc2)CC1. The molecule has 0 amide bonds. The van der Waals surface area contributed by atoms with Crippen LogP contribution in [0.25, 0.3) is 0 Å². The first-order chi connectivity index (χ1) is 12.2. The maximum Gasteiger partial charge on any atom is 0.573 e. The largest absolute Gasteiger partial charge is 0.573 e. The highest BCUT2D eigenvalue weighted by Crippen LogP contribution is 2.26. The van der Waals surface area contributed by atoms with Gasteiger partial charge in [-0.3, -0.25) is 5.84 Å². The van der Waals surface area contributed by atoms with Crippen molar-refractivity contribution in [2.45, 2.75) is 25.2 Å². The van der Waals surface area contributed by atoms with Gasteiger partial charge in [0, 0.05) is 24.8 Å². The van der Waals surface area contributed by atoms with E-state index >= 15 is 0 Å². The first kappa shape index (κ1) is 19.5. The van der Waals surface area contributed by atoms with Gasteiger partial charge in [0.1, 0.15) is 11.6 Å². The van der Waals surface area contributed by atoms with Crippen molar-refractivity contribution in [3.63, 3.8) is 0 Å². The summed E-state index contributed by atoms with van der Waals surface area (Å²) in [6.45, 7) is 1.26. The third kappa shape index (κ3) is 5.34. The van der Waals surface area contributed by atoms with Crippen LogP contribution in [0.15, 0.2) is 35.8 Å². The number of rotatable bonds is 6. The Morgan fingerprint density at radius 3 is 2.27 bits per heavy atom. The summed E-state index contributed by atoms with van der Waals surface area (Å²) in [6, 6.07) is 5.61. The number of halogens is 3. The summed E-state index contributed by atoms with van der Waals surface area (Å²) in [5.74, 6) is 3.54. The molecule has 0 aromatic heterocycles. The molecule has 0 radical (unpaired) electrons. The van der Waals surface area contributed by atoms with Crippen LogP contribution in [0.4, 0.5) is 18.9 Å². The van der Waals surface area contributed by atoms with Crippen molar-refractivity contribution in [1.82, 2.24) is 10.7 Å². The fraction of sp³-hybridized carbons (Fsp3) is 0.400. The number of ether oxygens (including phenoxy) is 1. The van der Waals surface area contributed by atoms with Gasteiger partial charge in [-0.1, -0.05) is 0 Å². The topological polar surface area (TPSA) is 126 Å². The molecule has 0 spiro atoms. The normalized spacial score (nSPS) is 16.7. The molecule has 0 aliphatic carbocycles. The van der Waals surface area contributed by atoms with Crippen molar-refractivity contribution in [2.75, 3.05) is 18.0 Å². The van der Waals surface area contributed by atoms with Crippen LogP contribution in [-0.4, -0.2) is 36.6 Å². The zero-order chi connectivity index (χ0) is 19.3. The summed E-state index contributed by atoms with van der Waals surface area (Å²) in [7, 11) is 0. The molecule has 0 atom stereocenters. The van der Waals surface area contributed by atoms with E-state index in [0.717, 1.165) is 5.69 Å². The van der Waals surface area contributed by atoms with Crippen LogP contribution in [0, 0.1) is 0 Å². The maximum atomic E-state index is 12.2. The van der Waals surface area contributed by atoms with Crippen LogP contribution in [0.2, 0.25) is 0 Å². The number of benzene rings is 1. The molecule has 1 aromatic rings. The highest BCUT2D eigenvalue weighted by atomic mass is 19.4. The van der Waals surface area contributed by atoms with Gasteiger partial charge in [0.25, 0.3) is 0 Å². The average Bonchev–Trinajstić information content (AvgIpc) is 2.55. The molecule has 26 heavy (non-hydrogen) atoms. The first-order valence-corrected chi connectivity index (χ1v) is 7.76. The lowest BCUT2D eigenvalue weighted by Gasteiger charge is -2.34. The van der Waals surface area contributed by atoms with E-state index in [0.29, 0.717) is 25.9 Å². The molecule has 8 nitrogen and oxygen atoms in total. The minimum Gasteiger partial charge on any atom is -0.476 e. The molecule has 0 bridgehead atoms. The van der Waals surface area contributed by atoms with Gasteiger partial charge in [-0.25, -0.2) is 4.79 Å². The zero-order valence-corrected chi connectivity index (χ0v) is 13.7. The summed E-state index contributed by atoms with van der Waals surface area (Å²) in [5, 5.41) is 11.9. The Morgan fingerprint density at radius 2 is 1.81 bits per heavy atom. The monoisotopic (exact) mass is 375 g/mol. The summed E-state index contributed by atoms with van der Waals surface area (Å²) in [6.07, 6.45) is -3.38. The van der Waals surface area contributed by atoms with Gasteiger partial charge in [-0.2, -0.15) is 0 Å². The molecule has 2 rings (SSSR count). The van der Waals surface area contributed by atoms with Crippen LogP contribution in [-0.2, 0) is 4.79 Å². The molecule has 1 aliphatic heterocycles. The Bertz CT molecular complexity index is 655. The molecule has 0 saturated carbocycles. The third-order valence-electron chi connectivity index (χ3n) is 3.92. The Hall–Kier alpha value is -2.82. The average molecular weight is 375 g/mol. The number of carboxylic acids is 1. The van der Waals surface area contributed by atoms with Crippen LogP contribution < -0.4 is 32.0 Å². The van der Waals surface area contributed by atoms with Crippen LogP contribution in [0.5, 0.6) is 5.75 Å². The Kier molecular flexibility index (Phi) is 6.03. The van der Waals surface area contributed by atoms with Crippen LogP contribution in [0.1, 0.15) is 12.8 Å². The number of alkyl halides is 3. The summed E-state index contributed by atoms with van der Waals surface area (Å²) < 4.78 is 40.4. The molecule has 1 saturated heterocycles. The fourth-order valence-corrected chi connectivity index (χ4v) is 2.69. The number of nitrogens with zero attached hydrogens (tertiary/aromatic N) is 1. The van der Waals surface area contributed by atoms with Crippen molar-refractivity contribution in [3.8, 4) is 5.75 Å². The van der Waals surface area contributed by atoms with Crippen molar-refractivity contribution in [2.24, 2.45) is 11.6 Å². The number of nitrogens with one attached hydrogen (secondary N) is 2. The summed E-state index contributed by atoms with van der Waals surface area (Å²) in [5.41, 5.74) is 8.20. The molecule has 0 unspecified atom stereocenters. The van der Waals surface area contributed by atoms with Crippen LogP contribution in [0.3, 0.4) is 0 Å². The van der Waals surface area contributed by atoms with Gasteiger partial charge in [0.2, 0.25) is 0 Å². The Labute approximate surface area is 147 Å². The number of anilines is 1. The highest BCUT2D eigenvalue weighted by Gasteiger charge is 2.31. The molecule has 1 fully saturated rings. The van der Waals surface area contributed by atoms with Crippen molar-refractivity contribution in [3.05, 3.63) is 35.8 Å². The molecule has 1 aliphatic rings. The van der Waals surface area contributed by atoms with Gasteiger partial charge in [0.15, 0.2) is 5.70 Å². The van der Waals surface area contributed by atoms with Gasteiger partial charge in [-0.05, 0) is 37.1 Å². The van der Waals surface area contributed by atoms with Crippen molar-refractivity contribution >= 4 is 11.7 Å². The predicted octanol–water partition coefficient (Wildman–Crippen LogP) is 0.819. The third-order valence-corrected chi connectivity index (χ3v) is 3.92. The van der Waals surface area contributed by atoms with E-state index in [9.17, 15) is 18.0 Å². The molecule has 144 valence electrons. The molecule has 11 heteroatoms.